The molecule has 2 heterocycles. The predicted octanol–water partition coefficient (Wildman–Crippen LogP) is 9.40. The largest absolute Gasteiger partial charge is 0.496 e. The van der Waals surface area contributed by atoms with Gasteiger partial charge in [0.2, 0.25) is 0 Å². The van der Waals surface area contributed by atoms with Crippen LogP contribution in [0.25, 0.3) is 5.52 Å². The van der Waals surface area contributed by atoms with Crippen LogP contribution in [-0.2, 0) is 36.3 Å². The number of methoxy groups -OCH3 is 2. The molecule has 0 aliphatic carbocycles. The second-order valence-corrected chi connectivity index (χ2v) is 14.9. The van der Waals surface area contributed by atoms with Crippen LogP contribution in [0.1, 0.15) is 133 Å². The molecule has 0 amide bonds. The molecule has 312 valence electrons. The maximum atomic E-state index is 10.6. The Labute approximate surface area is 336 Å². The maximum Gasteiger partial charge on any atom is 0.330 e. The molecule has 56 heavy (non-hydrogen) atoms. The lowest BCUT2D eigenvalue weighted by atomic mass is 10.0. The summed E-state index contributed by atoms with van der Waals surface area (Å²) in [6.07, 6.45) is 23.2. The van der Waals surface area contributed by atoms with Gasteiger partial charge in [-0.05, 0) is 43.5 Å². The molecule has 0 aliphatic heterocycles. The number of hydrogen-bond donors (Lipinski definition) is 2. The summed E-state index contributed by atoms with van der Waals surface area (Å²) in [7, 11) is 1.00. The Balaban J connectivity index is 0.00000532. The maximum absolute atomic E-state index is 10.6. The lowest BCUT2D eigenvalue weighted by Gasteiger charge is -2.21. The molecule has 0 saturated heterocycles. The van der Waals surface area contributed by atoms with Crippen molar-refractivity contribution in [2.75, 3.05) is 46.4 Å². The van der Waals surface area contributed by atoms with Gasteiger partial charge in [0.15, 0.2) is 5.82 Å². The summed E-state index contributed by atoms with van der Waals surface area (Å²) >= 11 is 0. The molecule has 0 spiro atoms. The number of nitriles is 2. The normalized spacial score (nSPS) is 12.8. The average molecular weight is 799 g/mol. The van der Waals surface area contributed by atoms with E-state index in [1.807, 2.05) is 18.2 Å². The van der Waals surface area contributed by atoms with Crippen LogP contribution in [0, 0.1) is 23.2 Å². The Morgan fingerprint density at radius 1 is 0.839 bits per heavy atom. The summed E-state index contributed by atoms with van der Waals surface area (Å²) in [5.74, 6) is 1.00. The van der Waals surface area contributed by atoms with Crippen LogP contribution in [0.2, 0.25) is 0 Å². The van der Waals surface area contributed by atoms with Gasteiger partial charge in [0.25, 0.3) is 0 Å². The van der Waals surface area contributed by atoms with E-state index in [0.29, 0.717) is 43.2 Å². The van der Waals surface area contributed by atoms with Crippen molar-refractivity contribution in [3.8, 4) is 18.4 Å². The molecular weight excluding hydrogens is 731 g/mol. The topological polar surface area (TPSA) is 179 Å². The van der Waals surface area contributed by atoms with Crippen LogP contribution >= 0.6 is 8.60 Å². The summed E-state index contributed by atoms with van der Waals surface area (Å²) in [4.78, 5) is 14.6. The average Bonchev–Trinajstić information content (AvgIpc) is 3.65. The third kappa shape index (κ3) is 20.2. The zero-order chi connectivity index (χ0) is 40.6. The number of fused-ring (bicyclic) bond motifs is 1. The first-order valence-corrected chi connectivity index (χ1v) is 21.5. The Morgan fingerprint density at radius 3 is 2.04 bits per heavy atom. The van der Waals surface area contributed by atoms with Crippen molar-refractivity contribution in [3.63, 3.8) is 0 Å². The van der Waals surface area contributed by atoms with Crippen molar-refractivity contribution in [2.24, 2.45) is 0 Å². The van der Waals surface area contributed by atoms with Crippen molar-refractivity contribution in [1.82, 2.24) is 14.6 Å². The van der Waals surface area contributed by atoms with Crippen LogP contribution in [-0.4, -0.2) is 72.3 Å². The highest BCUT2D eigenvalue weighted by molar-refractivity contribution is 7.40. The SMILES string of the molecule is C#N.CCCCCCCCCCCCCCCCCCOCC(COP(O)OCC(CCc1ccc2c(N)ncnn12)OC)OCc1ccc(C#N)cc1OC. The molecule has 0 aliphatic rings. The van der Waals surface area contributed by atoms with E-state index in [-0.39, 0.29) is 25.9 Å². The molecule has 0 bridgehead atoms. The van der Waals surface area contributed by atoms with Gasteiger partial charge in [0, 0.05) is 31.5 Å². The number of anilines is 1. The van der Waals surface area contributed by atoms with E-state index in [2.05, 4.69) is 29.6 Å². The highest BCUT2D eigenvalue weighted by Crippen LogP contribution is 2.34. The zero-order valence-electron chi connectivity index (χ0n) is 34.1. The fraction of sp³-hybridized carbons (Fsp3) is 0.667. The van der Waals surface area contributed by atoms with E-state index < -0.39 is 14.7 Å². The van der Waals surface area contributed by atoms with E-state index in [9.17, 15) is 10.2 Å². The Bertz CT molecular complexity index is 1500. The number of hydrogen-bond acceptors (Lipinski definition) is 12. The second-order valence-electron chi connectivity index (χ2n) is 13.9. The van der Waals surface area contributed by atoms with Crippen LogP contribution < -0.4 is 10.5 Å². The zero-order valence-corrected chi connectivity index (χ0v) is 35.0. The molecule has 2 aromatic heterocycles. The van der Waals surface area contributed by atoms with Crippen LogP contribution in [0.3, 0.4) is 0 Å². The molecule has 0 fully saturated rings. The smallest absolute Gasteiger partial charge is 0.330 e. The van der Waals surface area contributed by atoms with E-state index in [4.69, 9.17) is 39.0 Å². The molecule has 3 aromatic rings. The molecular formula is C42H67N6O7P. The number of aromatic nitrogens is 3. The lowest BCUT2D eigenvalue weighted by molar-refractivity contribution is -0.0492. The molecule has 13 nitrogen and oxygen atoms in total. The van der Waals surface area contributed by atoms with Gasteiger partial charge in [0.05, 0.1) is 51.3 Å². The van der Waals surface area contributed by atoms with Crippen molar-refractivity contribution in [3.05, 3.63) is 53.5 Å². The fourth-order valence-corrected chi connectivity index (χ4v) is 7.02. The van der Waals surface area contributed by atoms with Gasteiger partial charge in [-0.25, -0.2) is 14.8 Å². The van der Waals surface area contributed by atoms with E-state index in [1.165, 1.54) is 96.2 Å². The molecule has 3 atom stereocenters. The van der Waals surface area contributed by atoms with Crippen molar-refractivity contribution in [1.29, 1.82) is 10.5 Å². The molecule has 0 radical (unpaired) electrons. The standard InChI is InChI=1S/C41H66N5O7P.CHN/c1-4-5-6-7-8-9-10-11-12-13-14-15-16-17-18-19-26-50-30-38(51-29-35-21-20-34(28-42)27-40(35)49-3)32-53-54(47)52-31-37(48-2)24-22-36-23-25-39-41(43)44-33-45-46(36)39;1-2/h20-21,23,25,27,33,37-38,47H,4-19,22,24,26,29-32H2,1-3H3,(H2,43,44,45);1H. The molecule has 3 unspecified atom stereocenters. The number of nitrogen functional groups attached to an aromatic ring is 1. The molecule has 14 heteroatoms. The summed E-state index contributed by atoms with van der Waals surface area (Å²) in [6, 6.07) is 11.2. The van der Waals surface area contributed by atoms with Gasteiger partial charge in [-0.2, -0.15) is 10.4 Å². The van der Waals surface area contributed by atoms with Crippen LogP contribution in [0.15, 0.2) is 36.7 Å². The van der Waals surface area contributed by atoms with Gasteiger partial charge < -0.3 is 38.6 Å². The number of aryl methyl sites for hydroxylation is 1. The minimum atomic E-state index is -2.18. The van der Waals surface area contributed by atoms with Gasteiger partial charge >= 0.3 is 8.60 Å². The molecule has 3 rings (SSSR count). The summed E-state index contributed by atoms with van der Waals surface area (Å²) in [5.41, 5.74) is 9.00. The highest BCUT2D eigenvalue weighted by Gasteiger charge is 2.19. The van der Waals surface area contributed by atoms with E-state index in [0.717, 1.165) is 29.6 Å². The monoisotopic (exact) mass is 798 g/mol. The van der Waals surface area contributed by atoms with E-state index in [1.54, 1.807) is 30.9 Å². The van der Waals surface area contributed by atoms with Gasteiger partial charge in [-0.15, -0.1) is 0 Å². The summed E-state index contributed by atoms with van der Waals surface area (Å²) in [6.45, 7) is 7.18. The van der Waals surface area contributed by atoms with Crippen molar-refractivity contribution in [2.45, 2.75) is 141 Å². The van der Waals surface area contributed by atoms with Crippen molar-refractivity contribution < 1.29 is 32.9 Å². The number of unbranched alkanes of at least 4 members (excludes halogenated alkanes) is 15. The number of nitrogens with two attached hydrogens (primary N) is 1. The first-order chi connectivity index (χ1) is 27.5. The van der Waals surface area contributed by atoms with E-state index >= 15 is 0 Å². The van der Waals surface area contributed by atoms with Gasteiger partial charge in [0.1, 0.15) is 23.7 Å². The lowest BCUT2D eigenvalue weighted by Crippen LogP contribution is -2.26. The first-order valence-electron chi connectivity index (χ1n) is 20.4. The third-order valence-corrected chi connectivity index (χ3v) is 10.4. The van der Waals surface area contributed by atoms with Crippen molar-refractivity contribution >= 4 is 19.9 Å². The van der Waals surface area contributed by atoms with Gasteiger partial charge in [-0.3, -0.25) is 0 Å². The highest BCUT2D eigenvalue weighted by atomic mass is 31.2. The third-order valence-electron chi connectivity index (χ3n) is 9.69. The summed E-state index contributed by atoms with van der Waals surface area (Å²) in [5, 5.41) is 20.1. The number of rotatable bonds is 33. The second kappa shape index (κ2) is 31.7. The van der Waals surface area contributed by atoms with Gasteiger partial charge in [-0.1, -0.05) is 109 Å². The molecule has 3 N–H and O–H groups in total. The first kappa shape index (κ1) is 48.8. The van der Waals surface area contributed by atoms with Crippen LogP contribution in [0.5, 0.6) is 5.75 Å². The predicted molar refractivity (Wildman–Crippen MR) is 221 cm³/mol. The number of ether oxygens (including phenoxy) is 4. The minimum absolute atomic E-state index is 0.0781. The van der Waals surface area contributed by atoms with Crippen LogP contribution in [0.4, 0.5) is 5.82 Å². The molecule has 0 saturated carbocycles. The quantitative estimate of drug-likeness (QED) is 0.0441. The Hall–Kier alpha value is -3.39. The summed E-state index contributed by atoms with van der Waals surface area (Å²) < 4.78 is 36.4. The fourth-order valence-electron chi connectivity index (χ4n) is 6.36. The Morgan fingerprint density at radius 2 is 1.45 bits per heavy atom. The molecule has 1 aromatic carbocycles. The number of benzene rings is 1. The minimum Gasteiger partial charge on any atom is -0.496 e. The number of nitrogens with zero attached hydrogens (tertiary/aromatic N) is 5. The Kier molecular flexibility index (Phi) is 27.6.